The van der Waals surface area contributed by atoms with Gasteiger partial charge in [-0.2, -0.15) is 13.2 Å². The van der Waals surface area contributed by atoms with Crippen LogP contribution >= 0.6 is 23.4 Å². The van der Waals surface area contributed by atoms with Crippen LogP contribution in [0.5, 0.6) is 0 Å². The first-order valence-corrected chi connectivity index (χ1v) is 6.92. The van der Waals surface area contributed by atoms with Crippen molar-refractivity contribution in [3.8, 4) is 0 Å². The van der Waals surface area contributed by atoms with Gasteiger partial charge >= 0.3 is 6.18 Å². The smallest absolute Gasteiger partial charge is 0.417 e. The third-order valence-electron chi connectivity index (χ3n) is 2.54. The fraction of sp³-hybridized carbons (Fsp3) is 0.333. The van der Waals surface area contributed by atoms with Crippen molar-refractivity contribution < 1.29 is 17.6 Å². The predicted molar refractivity (Wildman–Crippen MR) is 69.8 cm³/mol. The minimum atomic E-state index is -4.45. The van der Waals surface area contributed by atoms with E-state index in [4.69, 9.17) is 16.0 Å². The van der Waals surface area contributed by atoms with Gasteiger partial charge in [0.25, 0.3) is 0 Å². The summed E-state index contributed by atoms with van der Waals surface area (Å²) in [5, 5.41) is 0.276. The van der Waals surface area contributed by atoms with E-state index in [0.717, 1.165) is 18.0 Å². The number of rotatable bonds is 3. The first kappa shape index (κ1) is 15.2. The highest BCUT2D eigenvalue weighted by atomic mass is 35.5. The number of aromatic nitrogens is 2. The molecule has 0 unspecified atom stereocenters. The lowest BCUT2D eigenvalue weighted by atomic mass is 10.3. The molecule has 2 aromatic heterocycles. The van der Waals surface area contributed by atoms with E-state index in [1.54, 1.807) is 6.92 Å². The topological polar surface area (TPSA) is 38.9 Å². The Morgan fingerprint density at radius 3 is 2.55 bits per heavy atom. The lowest BCUT2D eigenvalue weighted by molar-refractivity contribution is -0.137. The molecule has 0 aliphatic carbocycles. The van der Waals surface area contributed by atoms with Crippen molar-refractivity contribution >= 4 is 23.4 Å². The summed E-state index contributed by atoms with van der Waals surface area (Å²) >= 11 is 6.98. The van der Waals surface area contributed by atoms with Crippen molar-refractivity contribution in [2.75, 3.05) is 0 Å². The standard InChI is InChI=1S/C12H10ClF3N2OS/c1-6-7(2)19-10(18-6)5-20-11-9(13)3-8(4-17-11)12(14,15)16/h3-4H,5H2,1-2H3. The Morgan fingerprint density at radius 1 is 1.35 bits per heavy atom. The third kappa shape index (κ3) is 3.46. The predicted octanol–water partition coefficient (Wildman–Crippen LogP) is 4.65. The molecule has 0 saturated carbocycles. The summed E-state index contributed by atoms with van der Waals surface area (Å²) in [6.45, 7) is 3.61. The highest BCUT2D eigenvalue weighted by molar-refractivity contribution is 7.98. The molecule has 0 aliphatic rings. The molecular formula is C12H10ClF3N2OS. The second-order valence-electron chi connectivity index (χ2n) is 4.05. The molecule has 0 aromatic carbocycles. The van der Waals surface area contributed by atoms with Crippen LogP contribution in [-0.4, -0.2) is 9.97 Å². The molecule has 20 heavy (non-hydrogen) atoms. The molecule has 0 N–H and O–H groups in total. The maximum atomic E-state index is 12.5. The van der Waals surface area contributed by atoms with Crippen LogP contribution in [0.4, 0.5) is 13.2 Å². The first-order chi connectivity index (χ1) is 9.27. The summed E-state index contributed by atoms with van der Waals surface area (Å²) in [5.41, 5.74) is -0.0817. The van der Waals surface area contributed by atoms with Gasteiger partial charge in [-0.3, -0.25) is 0 Å². The van der Waals surface area contributed by atoms with E-state index in [9.17, 15) is 13.2 Å². The Bertz CT molecular complexity index is 608. The largest absolute Gasteiger partial charge is 0.445 e. The van der Waals surface area contributed by atoms with Crippen molar-refractivity contribution in [3.05, 3.63) is 40.2 Å². The van der Waals surface area contributed by atoms with Crippen molar-refractivity contribution in [2.24, 2.45) is 0 Å². The molecule has 8 heteroatoms. The van der Waals surface area contributed by atoms with Gasteiger partial charge in [-0.15, -0.1) is 0 Å². The van der Waals surface area contributed by atoms with Crippen LogP contribution < -0.4 is 0 Å². The molecule has 0 atom stereocenters. The van der Waals surface area contributed by atoms with Crippen LogP contribution in [0.25, 0.3) is 0 Å². The summed E-state index contributed by atoms with van der Waals surface area (Å²) in [6.07, 6.45) is -3.68. The third-order valence-corrected chi connectivity index (χ3v) is 3.93. The Morgan fingerprint density at radius 2 is 2.05 bits per heavy atom. The van der Waals surface area contributed by atoms with E-state index in [2.05, 4.69) is 9.97 Å². The molecule has 0 aliphatic heterocycles. The summed E-state index contributed by atoms with van der Waals surface area (Å²) in [6, 6.07) is 0.864. The molecule has 0 bridgehead atoms. The van der Waals surface area contributed by atoms with E-state index in [0.29, 0.717) is 22.4 Å². The van der Waals surface area contributed by atoms with Crippen LogP contribution in [0.1, 0.15) is 22.9 Å². The summed E-state index contributed by atoms with van der Waals surface area (Å²) in [5.74, 6) is 1.56. The second kappa shape index (κ2) is 5.65. The summed E-state index contributed by atoms with van der Waals surface area (Å²) in [4.78, 5) is 7.90. The van der Waals surface area contributed by atoms with Gasteiger partial charge < -0.3 is 4.42 Å². The molecule has 0 amide bonds. The lowest BCUT2D eigenvalue weighted by Crippen LogP contribution is -2.05. The molecule has 2 aromatic rings. The van der Waals surface area contributed by atoms with E-state index in [1.165, 1.54) is 11.8 Å². The minimum Gasteiger partial charge on any atom is -0.445 e. The van der Waals surface area contributed by atoms with E-state index in [-0.39, 0.29) is 5.02 Å². The van der Waals surface area contributed by atoms with E-state index >= 15 is 0 Å². The fourth-order valence-electron chi connectivity index (χ4n) is 1.42. The summed E-state index contributed by atoms with van der Waals surface area (Å²) < 4.78 is 42.8. The fourth-order valence-corrected chi connectivity index (χ4v) is 2.46. The van der Waals surface area contributed by atoms with Gasteiger partial charge in [0.1, 0.15) is 10.8 Å². The number of pyridine rings is 1. The van der Waals surface area contributed by atoms with Crippen LogP contribution in [0.15, 0.2) is 21.7 Å². The maximum Gasteiger partial charge on any atom is 0.417 e. The van der Waals surface area contributed by atoms with Crippen molar-refractivity contribution in [2.45, 2.75) is 30.8 Å². The molecule has 108 valence electrons. The summed E-state index contributed by atoms with van der Waals surface area (Å²) in [7, 11) is 0. The zero-order chi connectivity index (χ0) is 14.9. The molecule has 0 fully saturated rings. The van der Waals surface area contributed by atoms with E-state index in [1.807, 2.05) is 6.92 Å². The normalized spacial score (nSPS) is 11.9. The molecule has 0 radical (unpaired) electrons. The zero-order valence-electron chi connectivity index (χ0n) is 10.6. The second-order valence-corrected chi connectivity index (χ2v) is 5.42. The number of aryl methyl sites for hydroxylation is 2. The number of halogens is 4. The van der Waals surface area contributed by atoms with Gasteiger partial charge in [-0.1, -0.05) is 23.4 Å². The highest BCUT2D eigenvalue weighted by Crippen LogP contribution is 2.34. The molecule has 3 nitrogen and oxygen atoms in total. The SMILES string of the molecule is Cc1nc(CSc2ncc(C(F)(F)F)cc2Cl)oc1C. The van der Waals surface area contributed by atoms with Crippen LogP contribution in [0, 0.1) is 13.8 Å². The number of hydrogen-bond donors (Lipinski definition) is 0. The monoisotopic (exact) mass is 322 g/mol. The minimum absolute atomic E-state index is 0.0372. The average molecular weight is 323 g/mol. The van der Waals surface area contributed by atoms with E-state index < -0.39 is 11.7 Å². The molecule has 0 spiro atoms. The van der Waals surface area contributed by atoms with Gasteiger partial charge in [0.15, 0.2) is 0 Å². The average Bonchev–Trinajstić information content (AvgIpc) is 2.66. The number of alkyl halides is 3. The van der Waals surface area contributed by atoms with Crippen molar-refractivity contribution in [3.63, 3.8) is 0 Å². The van der Waals surface area contributed by atoms with Crippen molar-refractivity contribution in [1.82, 2.24) is 9.97 Å². The Kier molecular flexibility index (Phi) is 4.29. The number of oxazole rings is 1. The first-order valence-electron chi connectivity index (χ1n) is 5.56. The lowest BCUT2D eigenvalue weighted by Gasteiger charge is -2.08. The Hall–Kier alpha value is -1.21. The van der Waals surface area contributed by atoms with Gasteiger partial charge in [0.05, 0.1) is 22.0 Å². The number of thioether (sulfide) groups is 1. The molecule has 2 rings (SSSR count). The Balaban J connectivity index is 2.10. The van der Waals surface area contributed by atoms with Crippen molar-refractivity contribution in [1.29, 1.82) is 0 Å². The molecule has 0 saturated heterocycles. The van der Waals surface area contributed by atoms with Crippen LogP contribution in [0.2, 0.25) is 5.02 Å². The molecular weight excluding hydrogens is 313 g/mol. The number of hydrogen-bond acceptors (Lipinski definition) is 4. The van der Waals surface area contributed by atoms with Crippen LogP contribution in [0.3, 0.4) is 0 Å². The highest BCUT2D eigenvalue weighted by Gasteiger charge is 2.31. The van der Waals surface area contributed by atoms with Gasteiger partial charge in [0, 0.05) is 6.20 Å². The number of nitrogens with zero attached hydrogens (tertiary/aromatic N) is 2. The molecule has 2 heterocycles. The maximum absolute atomic E-state index is 12.5. The van der Waals surface area contributed by atoms with Gasteiger partial charge in [-0.25, -0.2) is 9.97 Å². The van der Waals surface area contributed by atoms with Gasteiger partial charge in [0.2, 0.25) is 5.89 Å². The van der Waals surface area contributed by atoms with Gasteiger partial charge in [-0.05, 0) is 19.9 Å². The quantitative estimate of drug-likeness (QED) is 0.771. The zero-order valence-corrected chi connectivity index (χ0v) is 12.2. The Labute approximate surface area is 122 Å². The van der Waals surface area contributed by atoms with Crippen LogP contribution in [-0.2, 0) is 11.9 Å².